The fourth-order valence-corrected chi connectivity index (χ4v) is 1.99. The summed E-state index contributed by atoms with van der Waals surface area (Å²) in [5, 5.41) is 0.361. The summed E-state index contributed by atoms with van der Waals surface area (Å²) < 4.78 is 21.9. The highest BCUT2D eigenvalue weighted by atomic mass is 35.5. The van der Waals surface area contributed by atoms with E-state index in [1.54, 1.807) is 12.1 Å². The first kappa shape index (κ1) is 11.4. The highest BCUT2D eigenvalue weighted by Gasteiger charge is 2.12. The summed E-state index contributed by atoms with van der Waals surface area (Å²) in [6, 6.07) is 2.71. The van der Waals surface area contributed by atoms with E-state index >= 15 is 0 Å². The van der Waals surface area contributed by atoms with E-state index in [2.05, 4.69) is 4.98 Å². The van der Waals surface area contributed by atoms with E-state index in [4.69, 9.17) is 17.3 Å². The van der Waals surface area contributed by atoms with E-state index in [0.29, 0.717) is 10.7 Å². The van der Waals surface area contributed by atoms with Crippen LogP contribution in [0.3, 0.4) is 0 Å². The van der Waals surface area contributed by atoms with Crippen LogP contribution in [-0.4, -0.2) is 25.4 Å². The number of rotatable bonds is 3. The predicted molar refractivity (Wildman–Crippen MR) is 55.9 cm³/mol. The van der Waals surface area contributed by atoms with E-state index in [9.17, 15) is 8.42 Å². The first-order valence-electron chi connectivity index (χ1n) is 3.93. The van der Waals surface area contributed by atoms with Gasteiger partial charge in [-0.25, -0.2) is 13.4 Å². The van der Waals surface area contributed by atoms with Crippen molar-refractivity contribution in [2.75, 3.05) is 12.0 Å². The van der Waals surface area contributed by atoms with Gasteiger partial charge in [0.05, 0.1) is 5.75 Å². The van der Waals surface area contributed by atoms with Gasteiger partial charge in [-0.2, -0.15) is 0 Å². The average Bonchev–Trinajstić information content (AvgIpc) is 2.02. The largest absolute Gasteiger partial charge is 0.323 e. The summed E-state index contributed by atoms with van der Waals surface area (Å²) in [7, 11) is -3.07. The van der Waals surface area contributed by atoms with Crippen molar-refractivity contribution in [1.29, 1.82) is 0 Å². The smallest absolute Gasteiger partial charge is 0.149 e. The third-order valence-corrected chi connectivity index (χ3v) is 2.85. The summed E-state index contributed by atoms with van der Waals surface area (Å²) in [6.45, 7) is 0. The fourth-order valence-electron chi connectivity index (χ4n) is 1.03. The third kappa shape index (κ3) is 3.61. The second kappa shape index (κ2) is 4.25. The van der Waals surface area contributed by atoms with Gasteiger partial charge in [0.15, 0.2) is 0 Å². The van der Waals surface area contributed by atoms with Crippen LogP contribution in [0, 0.1) is 0 Å². The first-order chi connectivity index (χ1) is 6.38. The summed E-state index contributed by atoms with van der Waals surface area (Å²) >= 11 is 5.58. The van der Waals surface area contributed by atoms with E-state index in [1.807, 2.05) is 0 Å². The molecule has 1 aromatic rings. The highest BCUT2D eigenvalue weighted by molar-refractivity contribution is 7.90. The normalized spacial score (nSPS) is 13.9. The molecule has 0 aromatic carbocycles. The average molecular weight is 235 g/mol. The molecule has 0 aliphatic heterocycles. The topological polar surface area (TPSA) is 73.0 Å². The van der Waals surface area contributed by atoms with Crippen molar-refractivity contribution < 1.29 is 8.42 Å². The van der Waals surface area contributed by atoms with Crippen LogP contribution < -0.4 is 5.73 Å². The van der Waals surface area contributed by atoms with Crippen LogP contribution in [0.25, 0.3) is 0 Å². The highest BCUT2D eigenvalue weighted by Crippen LogP contribution is 2.13. The summed E-state index contributed by atoms with van der Waals surface area (Å²) in [6.07, 6.45) is 2.63. The Bertz CT molecular complexity index is 402. The van der Waals surface area contributed by atoms with Crippen molar-refractivity contribution in [2.45, 2.75) is 6.04 Å². The van der Waals surface area contributed by atoms with Crippen LogP contribution >= 0.6 is 11.6 Å². The van der Waals surface area contributed by atoms with Gasteiger partial charge in [-0.05, 0) is 11.6 Å². The lowest BCUT2D eigenvalue weighted by molar-refractivity contribution is 0.594. The van der Waals surface area contributed by atoms with Crippen LogP contribution in [0.15, 0.2) is 18.3 Å². The van der Waals surface area contributed by atoms with Crippen molar-refractivity contribution in [3.63, 3.8) is 0 Å². The monoisotopic (exact) mass is 234 g/mol. The van der Waals surface area contributed by atoms with Gasteiger partial charge in [-0.1, -0.05) is 17.7 Å². The molecule has 1 atom stereocenters. The minimum Gasteiger partial charge on any atom is -0.323 e. The Balaban J connectivity index is 2.80. The zero-order valence-corrected chi connectivity index (χ0v) is 9.22. The van der Waals surface area contributed by atoms with Crippen LogP contribution in [0.1, 0.15) is 11.6 Å². The van der Waals surface area contributed by atoms with Crippen molar-refractivity contribution in [3.8, 4) is 0 Å². The lowest BCUT2D eigenvalue weighted by Crippen LogP contribution is -2.20. The molecule has 14 heavy (non-hydrogen) atoms. The molecule has 1 aromatic heterocycles. The van der Waals surface area contributed by atoms with Crippen molar-refractivity contribution in [3.05, 3.63) is 29.0 Å². The zero-order chi connectivity index (χ0) is 10.8. The van der Waals surface area contributed by atoms with Gasteiger partial charge in [0.2, 0.25) is 0 Å². The van der Waals surface area contributed by atoms with E-state index in [0.717, 1.165) is 6.26 Å². The van der Waals surface area contributed by atoms with Gasteiger partial charge < -0.3 is 5.73 Å². The molecular weight excluding hydrogens is 224 g/mol. The Labute approximate surface area is 88.0 Å². The summed E-state index contributed by atoms with van der Waals surface area (Å²) in [5.74, 6) is -0.0870. The standard InChI is InChI=1S/C8H11ClN2O2S/c1-14(12,13)5-7(10)6-2-3-8(9)11-4-6/h2-4,7H,5,10H2,1H3/t7-/m0/s1. The van der Waals surface area contributed by atoms with Crippen LogP contribution in [0.2, 0.25) is 5.15 Å². The summed E-state index contributed by atoms with van der Waals surface area (Å²) in [4.78, 5) is 3.82. The maximum absolute atomic E-state index is 11.0. The molecule has 0 aliphatic carbocycles. The van der Waals surface area contributed by atoms with Gasteiger partial charge in [0.25, 0.3) is 0 Å². The van der Waals surface area contributed by atoms with E-state index in [-0.39, 0.29) is 5.75 Å². The summed E-state index contributed by atoms with van der Waals surface area (Å²) in [5.41, 5.74) is 6.34. The van der Waals surface area contributed by atoms with Crippen LogP contribution in [0.4, 0.5) is 0 Å². The molecule has 2 N–H and O–H groups in total. The van der Waals surface area contributed by atoms with Crippen LogP contribution in [-0.2, 0) is 9.84 Å². The Kier molecular flexibility index (Phi) is 3.47. The number of hydrogen-bond acceptors (Lipinski definition) is 4. The molecule has 0 saturated heterocycles. The van der Waals surface area contributed by atoms with Gasteiger partial charge in [-0.15, -0.1) is 0 Å². The first-order valence-corrected chi connectivity index (χ1v) is 6.37. The lowest BCUT2D eigenvalue weighted by atomic mass is 10.2. The molecule has 0 saturated carbocycles. The second-order valence-electron chi connectivity index (χ2n) is 3.11. The van der Waals surface area contributed by atoms with Gasteiger partial charge in [0, 0.05) is 18.5 Å². The Morgan fingerprint density at radius 2 is 2.21 bits per heavy atom. The number of halogens is 1. The number of pyridine rings is 1. The van der Waals surface area contributed by atoms with Gasteiger partial charge >= 0.3 is 0 Å². The molecule has 0 bridgehead atoms. The quantitative estimate of drug-likeness (QED) is 0.785. The minimum atomic E-state index is -3.07. The number of nitrogens with two attached hydrogens (primary N) is 1. The molecule has 0 unspecified atom stereocenters. The van der Waals surface area contributed by atoms with E-state index < -0.39 is 15.9 Å². The lowest BCUT2D eigenvalue weighted by Gasteiger charge is -2.09. The molecule has 6 heteroatoms. The number of aromatic nitrogens is 1. The molecule has 1 heterocycles. The second-order valence-corrected chi connectivity index (χ2v) is 5.69. The Hall–Kier alpha value is -0.650. The Morgan fingerprint density at radius 3 is 2.64 bits per heavy atom. The Morgan fingerprint density at radius 1 is 1.57 bits per heavy atom. The van der Waals surface area contributed by atoms with E-state index in [1.165, 1.54) is 6.20 Å². The molecule has 0 amide bonds. The maximum Gasteiger partial charge on any atom is 0.149 e. The molecule has 0 spiro atoms. The third-order valence-electron chi connectivity index (χ3n) is 1.66. The maximum atomic E-state index is 11.0. The van der Waals surface area contributed by atoms with Crippen molar-refractivity contribution in [1.82, 2.24) is 4.98 Å². The van der Waals surface area contributed by atoms with Crippen molar-refractivity contribution in [2.24, 2.45) is 5.73 Å². The molecule has 0 radical (unpaired) electrons. The van der Waals surface area contributed by atoms with Gasteiger partial charge in [-0.3, -0.25) is 0 Å². The van der Waals surface area contributed by atoms with Crippen molar-refractivity contribution >= 4 is 21.4 Å². The molecule has 0 fully saturated rings. The fraction of sp³-hybridized carbons (Fsp3) is 0.375. The molecule has 4 nitrogen and oxygen atoms in total. The molecule has 78 valence electrons. The SMILES string of the molecule is CS(=O)(=O)C[C@H](N)c1ccc(Cl)nc1. The number of nitrogens with zero attached hydrogens (tertiary/aromatic N) is 1. The molecule has 1 rings (SSSR count). The number of sulfone groups is 1. The zero-order valence-electron chi connectivity index (χ0n) is 7.64. The number of hydrogen-bond donors (Lipinski definition) is 1. The molecular formula is C8H11ClN2O2S. The van der Waals surface area contributed by atoms with Crippen LogP contribution in [0.5, 0.6) is 0 Å². The van der Waals surface area contributed by atoms with Gasteiger partial charge in [0.1, 0.15) is 15.0 Å². The molecule has 0 aliphatic rings. The predicted octanol–water partition coefficient (Wildman–Crippen LogP) is 0.779. The minimum absolute atomic E-state index is 0.0870.